The van der Waals surface area contributed by atoms with Crippen LogP contribution >= 0.6 is 0 Å². The van der Waals surface area contributed by atoms with Gasteiger partial charge in [-0.3, -0.25) is 0 Å². The Labute approximate surface area is 134 Å². The molecule has 1 nitrogen and oxygen atoms in total. The van der Waals surface area contributed by atoms with Gasteiger partial charge in [0.25, 0.3) is 0 Å². The molecule has 3 aliphatic rings. The molecule has 1 atom stereocenters. The molecule has 0 radical (unpaired) electrons. The normalized spacial score (nSPS) is 27.2. The van der Waals surface area contributed by atoms with Crippen LogP contribution in [0.15, 0.2) is 60.7 Å². The van der Waals surface area contributed by atoms with Crippen molar-refractivity contribution in [3.8, 4) is 0 Å². The third-order valence-electron chi connectivity index (χ3n) is 5.68. The van der Waals surface area contributed by atoms with Gasteiger partial charge < -0.3 is 4.90 Å². The summed E-state index contributed by atoms with van der Waals surface area (Å²) in [6.07, 6.45) is 5.54. The molecular formula is C21H25N. The average molecular weight is 291 g/mol. The molecule has 3 saturated heterocycles. The molecule has 1 heteroatoms. The van der Waals surface area contributed by atoms with Gasteiger partial charge in [0.2, 0.25) is 0 Å². The second-order valence-electron chi connectivity index (χ2n) is 6.98. The monoisotopic (exact) mass is 291 g/mol. The standard InChI is InChI=1S/C21H25N/c1-3-7-18(8-4-1)21(19-9-5-2-6-10-19)16-20-15-17-11-13-22(20)14-12-17/h1-10,17,20-21H,11-16H2. The molecule has 0 spiro atoms. The lowest BCUT2D eigenvalue weighted by molar-refractivity contribution is 0.0431. The Bertz CT molecular complexity index is 544. The third kappa shape index (κ3) is 2.83. The van der Waals surface area contributed by atoms with Gasteiger partial charge in [-0.1, -0.05) is 60.7 Å². The lowest BCUT2D eigenvalue weighted by Gasteiger charge is -2.46. The van der Waals surface area contributed by atoms with Crippen LogP contribution in [0.3, 0.4) is 0 Å². The van der Waals surface area contributed by atoms with Gasteiger partial charge in [-0.25, -0.2) is 0 Å². The van der Waals surface area contributed by atoms with Crippen molar-refractivity contribution < 1.29 is 0 Å². The van der Waals surface area contributed by atoms with Gasteiger partial charge in [0.15, 0.2) is 0 Å². The summed E-state index contributed by atoms with van der Waals surface area (Å²) in [6, 6.07) is 22.9. The second-order valence-corrected chi connectivity index (χ2v) is 6.98. The third-order valence-corrected chi connectivity index (χ3v) is 5.68. The van der Waals surface area contributed by atoms with E-state index in [2.05, 4.69) is 65.6 Å². The summed E-state index contributed by atoms with van der Waals surface area (Å²) in [4.78, 5) is 2.75. The highest BCUT2D eigenvalue weighted by Crippen LogP contribution is 2.38. The number of fused-ring (bicyclic) bond motifs is 3. The van der Waals surface area contributed by atoms with Gasteiger partial charge >= 0.3 is 0 Å². The van der Waals surface area contributed by atoms with Gasteiger partial charge in [-0.15, -0.1) is 0 Å². The molecule has 3 heterocycles. The van der Waals surface area contributed by atoms with E-state index in [0.29, 0.717) is 5.92 Å². The Hall–Kier alpha value is -1.60. The van der Waals surface area contributed by atoms with Crippen LogP contribution in [0, 0.1) is 5.92 Å². The van der Waals surface area contributed by atoms with Gasteiger partial charge in [0, 0.05) is 12.0 Å². The highest BCUT2D eigenvalue weighted by molar-refractivity contribution is 5.32. The Balaban J connectivity index is 1.61. The Kier molecular flexibility index (Phi) is 3.99. The van der Waals surface area contributed by atoms with Crippen molar-refractivity contribution in [1.29, 1.82) is 0 Å². The fourth-order valence-electron chi connectivity index (χ4n) is 4.44. The highest BCUT2D eigenvalue weighted by Gasteiger charge is 2.35. The summed E-state index contributed by atoms with van der Waals surface area (Å²) in [5, 5.41) is 0. The quantitative estimate of drug-likeness (QED) is 0.789. The van der Waals surface area contributed by atoms with E-state index in [4.69, 9.17) is 0 Å². The van der Waals surface area contributed by atoms with Gasteiger partial charge in [0.05, 0.1) is 0 Å². The largest absolute Gasteiger partial charge is 0.300 e. The SMILES string of the molecule is c1ccc(C(CC2CC3CCN2CC3)c2ccccc2)cc1. The lowest BCUT2D eigenvalue weighted by Crippen LogP contribution is -2.49. The number of hydrogen-bond acceptors (Lipinski definition) is 1. The zero-order valence-electron chi connectivity index (χ0n) is 13.2. The lowest BCUT2D eigenvalue weighted by atomic mass is 9.77. The summed E-state index contributed by atoms with van der Waals surface area (Å²) in [6.45, 7) is 2.65. The highest BCUT2D eigenvalue weighted by atomic mass is 15.2. The first-order chi connectivity index (χ1) is 10.9. The molecule has 0 N–H and O–H groups in total. The van der Waals surface area contributed by atoms with E-state index >= 15 is 0 Å². The van der Waals surface area contributed by atoms with Crippen molar-refractivity contribution in [2.75, 3.05) is 13.1 Å². The van der Waals surface area contributed by atoms with Crippen molar-refractivity contribution in [1.82, 2.24) is 4.90 Å². The molecule has 0 aromatic heterocycles. The average Bonchev–Trinajstić information content (AvgIpc) is 2.62. The first-order valence-corrected chi connectivity index (χ1v) is 8.74. The molecule has 2 aromatic rings. The molecule has 0 aliphatic carbocycles. The minimum absolute atomic E-state index is 0.534. The van der Waals surface area contributed by atoms with Crippen LogP contribution in [0.1, 0.15) is 42.7 Å². The van der Waals surface area contributed by atoms with Crippen LogP contribution < -0.4 is 0 Å². The van der Waals surface area contributed by atoms with Crippen molar-refractivity contribution >= 4 is 0 Å². The first-order valence-electron chi connectivity index (χ1n) is 8.74. The van der Waals surface area contributed by atoms with Gasteiger partial charge in [-0.05, 0) is 55.8 Å². The van der Waals surface area contributed by atoms with E-state index in [9.17, 15) is 0 Å². The summed E-state index contributed by atoms with van der Waals surface area (Å²) in [7, 11) is 0. The number of rotatable bonds is 4. The summed E-state index contributed by atoms with van der Waals surface area (Å²) in [5.41, 5.74) is 2.94. The van der Waals surface area contributed by atoms with Crippen molar-refractivity contribution in [2.24, 2.45) is 5.92 Å². The van der Waals surface area contributed by atoms with Crippen LogP contribution in [0.5, 0.6) is 0 Å². The minimum Gasteiger partial charge on any atom is -0.300 e. The van der Waals surface area contributed by atoms with Gasteiger partial charge in [0.1, 0.15) is 0 Å². The fraction of sp³-hybridized carbons (Fsp3) is 0.429. The number of piperidine rings is 3. The number of hydrogen-bond donors (Lipinski definition) is 0. The molecular weight excluding hydrogens is 266 g/mol. The molecule has 1 unspecified atom stereocenters. The smallest absolute Gasteiger partial charge is 0.0107 e. The van der Waals surface area contributed by atoms with Crippen molar-refractivity contribution in [3.63, 3.8) is 0 Å². The summed E-state index contributed by atoms with van der Waals surface area (Å²) in [5.74, 6) is 1.52. The number of nitrogens with zero attached hydrogens (tertiary/aromatic N) is 1. The van der Waals surface area contributed by atoms with E-state index in [1.165, 1.54) is 49.9 Å². The first kappa shape index (κ1) is 14.0. The van der Waals surface area contributed by atoms with E-state index in [1.54, 1.807) is 0 Å². The van der Waals surface area contributed by atoms with Gasteiger partial charge in [-0.2, -0.15) is 0 Å². The maximum atomic E-state index is 2.75. The van der Waals surface area contributed by atoms with E-state index in [1.807, 2.05) is 0 Å². The second kappa shape index (κ2) is 6.26. The van der Waals surface area contributed by atoms with E-state index in [-0.39, 0.29) is 0 Å². The summed E-state index contributed by atoms with van der Waals surface area (Å²) < 4.78 is 0. The minimum atomic E-state index is 0.534. The van der Waals surface area contributed by atoms with Crippen molar-refractivity contribution in [2.45, 2.75) is 37.6 Å². The molecule has 2 bridgehead atoms. The van der Waals surface area contributed by atoms with Crippen LogP contribution in [0.2, 0.25) is 0 Å². The molecule has 3 fully saturated rings. The Morgan fingerprint density at radius 2 is 1.36 bits per heavy atom. The maximum absolute atomic E-state index is 2.75. The van der Waals surface area contributed by atoms with Crippen LogP contribution in [0.4, 0.5) is 0 Å². The topological polar surface area (TPSA) is 3.24 Å². The molecule has 5 rings (SSSR count). The zero-order chi connectivity index (χ0) is 14.8. The summed E-state index contributed by atoms with van der Waals surface area (Å²) >= 11 is 0. The zero-order valence-corrected chi connectivity index (χ0v) is 13.2. The molecule has 2 aromatic carbocycles. The molecule has 0 saturated carbocycles. The Morgan fingerprint density at radius 3 is 1.82 bits per heavy atom. The van der Waals surface area contributed by atoms with E-state index < -0.39 is 0 Å². The predicted molar refractivity (Wildman–Crippen MR) is 92.0 cm³/mol. The maximum Gasteiger partial charge on any atom is 0.0107 e. The van der Waals surface area contributed by atoms with Crippen LogP contribution in [-0.4, -0.2) is 24.0 Å². The van der Waals surface area contributed by atoms with E-state index in [0.717, 1.165) is 12.0 Å². The molecule has 3 aliphatic heterocycles. The predicted octanol–water partition coefficient (Wildman–Crippen LogP) is 4.69. The molecule has 22 heavy (non-hydrogen) atoms. The molecule has 0 amide bonds. The van der Waals surface area contributed by atoms with Crippen molar-refractivity contribution in [3.05, 3.63) is 71.8 Å². The van der Waals surface area contributed by atoms with Crippen LogP contribution in [0.25, 0.3) is 0 Å². The fourth-order valence-corrected chi connectivity index (χ4v) is 4.44. The molecule has 114 valence electrons. The van der Waals surface area contributed by atoms with Crippen LogP contribution in [-0.2, 0) is 0 Å². The Morgan fingerprint density at radius 1 is 0.818 bits per heavy atom. The number of benzene rings is 2.